The summed E-state index contributed by atoms with van der Waals surface area (Å²) in [6, 6.07) is 0.357. The Morgan fingerprint density at radius 1 is 1.35 bits per heavy atom. The Balaban J connectivity index is 1.64. The Hall–Kier alpha value is -0.490. The fraction of sp³-hybridized carbons (Fsp3) is 0.800. The molecule has 1 aromatic heterocycles. The molecule has 0 amide bonds. The summed E-state index contributed by atoms with van der Waals surface area (Å²) in [4.78, 5) is 9.49. The first-order chi connectivity index (χ1) is 9.72. The topological polar surface area (TPSA) is 39.6 Å². The molecule has 0 aliphatic carbocycles. The maximum Gasteiger partial charge on any atom is 0.0897 e. The molecule has 0 bridgehead atoms. The number of thiazole rings is 1. The van der Waals surface area contributed by atoms with Crippen LogP contribution in [0.25, 0.3) is 0 Å². The molecule has 1 saturated heterocycles. The molecule has 1 aliphatic rings. The summed E-state index contributed by atoms with van der Waals surface area (Å²) in [5, 5.41) is 12.7. The van der Waals surface area contributed by atoms with Crippen molar-refractivity contribution in [2.75, 3.05) is 39.3 Å². The zero-order valence-electron chi connectivity index (χ0n) is 12.7. The molecular formula is C15H27N3OS. The Kier molecular flexibility index (Phi) is 6.42. The standard InChI is InChI=1S/C15H27N3OS/c1-3-15(11-19)18-9-7-17(8-10-18)6-4-5-14-12-20-13(2)16-14/h12,15,19H,3-11H2,1-2H3. The number of rotatable bonds is 7. The highest BCUT2D eigenvalue weighted by Crippen LogP contribution is 2.12. The van der Waals surface area contributed by atoms with Crippen LogP contribution in [0.5, 0.6) is 0 Å². The SMILES string of the molecule is CCC(CO)N1CCN(CCCc2csc(C)n2)CC1. The number of hydrogen-bond acceptors (Lipinski definition) is 5. The Morgan fingerprint density at radius 3 is 2.65 bits per heavy atom. The highest BCUT2D eigenvalue weighted by atomic mass is 32.1. The fourth-order valence-electron chi connectivity index (χ4n) is 2.86. The third-order valence-electron chi connectivity index (χ3n) is 4.18. The highest BCUT2D eigenvalue weighted by Gasteiger charge is 2.21. The molecule has 0 aromatic carbocycles. The normalized spacial score (nSPS) is 19.4. The van der Waals surface area contributed by atoms with Crippen molar-refractivity contribution in [3.8, 4) is 0 Å². The molecule has 4 nitrogen and oxygen atoms in total. The lowest BCUT2D eigenvalue weighted by Gasteiger charge is -2.38. The minimum atomic E-state index is 0.291. The molecule has 1 aliphatic heterocycles. The number of hydrogen-bond donors (Lipinski definition) is 1. The van der Waals surface area contributed by atoms with E-state index in [1.54, 1.807) is 11.3 Å². The number of aliphatic hydroxyl groups excluding tert-OH is 1. The van der Waals surface area contributed by atoms with Crippen molar-refractivity contribution in [2.45, 2.75) is 39.2 Å². The van der Waals surface area contributed by atoms with Crippen LogP contribution in [0.1, 0.15) is 30.5 Å². The lowest BCUT2D eigenvalue weighted by atomic mass is 10.1. The molecule has 0 spiro atoms. The van der Waals surface area contributed by atoms with Crippen molar-refractivity contribution < 1.29 is 5.11 Å². The Bertz CT molecular complexity index is 384. The van der Waals surface area contributed by atoms with Gasteiger partial charge in [-0.05, 0) is 32.7 Å². The van der Waals surface area contributed by atoms with Crippen molar-refractivity contribution in [2.24, 2.45) is 0 Å². The van der Waals surface area contributed by atoms with E-state index in [1.165, 1.54) is 23.7 Å². The Morgan fingerprint density at radius 2 is 2.10 bits per heavy atom. The highest BCUT2D eigenvalue weighted by molar-refractivity contribution is 7.09. The lowest BCUT2D eigenvalue weighted by Crippen LogP contribution is -2.51. The molecule has 1 fully saturated rings. The van der Waals surface area contributed by atoms with Gasteiger partial charge in [0.1, 0.15) is 0 Å². The van der Waals surface area contributed by atoms with Crippen molar-refractivity contribution >= 4 is 11.3 Å². The zero-order valence-corrected chi connectivity index (χ0v) is 13.5. The van der Waals surface area contributed by atoms with Gasteiger partial charge in [-0.25, -0.2) is 4.98 Å². The van der Waals surface area contributed by atoms with Crippen LogP contribution < -0.4 is 0 Å². The van der Waals surface area contributed by atoms with Gasteiger partial charge in [0.05, 0.1) is 17.3 Å². The molecule has 1 aromatic rings. The summed E-state index contributed by atoms with van der Waals surface area (Å²) in [5.41, 5.74) is 1.25. The van der Waals surface area contributed by atoms with Crippen LogP contribution in [-0.2, 0) is 6.42 Å². The number of piperazine rings is 1. The first-order valence-corrected chi connectivity index (χ1v) is 8.59. The molecule has 0 radical (unpaired) electrons. The summed E-state index contributed by atoms with van der Waals surface area (Å²) in [5.74, 6) is 0. The summed E-state index contributed by atoms with van der Waals surface area (Å²) in [6.07, 6.45) is 3.33. The molecule has 1 N–H and O–H groups in total. The monoisotopic (exact) mass is 297 g/mol. The van der Waals surface area contributed by atoms with E-state index in [0.29, 0.717) is 12.6 Å². The van der Waals surface area contributed by atoms with Gasteiger partial charge in [-0.1, -0.05) is 6.92 Å². The van der Waals surface area contributed by atoms with Gasteiger partial charge in [0, 0.05) is 37.6 Å². The van der Waals surface area contributed by atoms with Crippen molar-refractivity contribution in [1.29, 1.82) is 0 Å². The van der Waals surface area contributed by atoms with E-state index >= 15 is 0 Å². The van der Waals surface area contributed by atoms with Crippen molar-refractivity contribution in [3.05, 3.63) is 16.1 Å². The van der Waals surface area contributed by atoms with Crippen molar-refractivity contribution in [1.82, 2.24) is 14.8 Å². The Labute approximate surface area is 126 Å². The molecule has 2 rings (SSSR count). The maximum atomic E-state index is 9.35. The summed E-state index contributed by atoms with van der Waals surface area (Å²) in [6.45, 7) is 10.1. The average molecular weight is 297 g/mol. The molecule has 5 heteroatoms. The molecule has 0 saturated carbocycles. The van der Waals surface area contributed by atoms with Gasteiger partial charge in [0.25, 0.3) is 0 Å². The van der Waals surface area contributed by atoms with Gasteiger partial charge in [-0.15, -0.1) is 11.3 Å². The van der Waals surface area contributed by atoms with Gasteiger partial charge >= 0.3 is 0 Å². The minimum absolute atomic E-state index is 0.291. The molecule has 1 unspecified atom stereocenters. The van der Waals surface area contributed by atoms with E-state index in [9.17, 15) is 5.11 Å². The van der Waals surface area contributed by atoms with Crippen LogP contribution in [0.3, 0.4) is 0 Å². The maximum absolute atomic E-state index is 9.35. The van der Waals surface area contributed by atoms with Crippen LogP contribution >= 0.6 is 11.3 Å². The minimum Gasteiger partial charge on any atom is -0.395 e. The fourth-order valence-corrected chi connectivity index (χ4v) is 3.51. The summed E-state index contributed by atoms with van der Waals surface area (Å²) < 4.78 is 0. The largest absolute Gasteiger partial charge is 0.395 e. The van der Waals surface area contributed by atoms with Crippen molar-refractivity contribution in [3.63, 3.8) is 0 Å². The van der Waals surface area contributed by atoms with Gasteiger partial charge in [-0.2, -0.15) is 0 Å². The van der Waals surface area contributed by atoms with E-state index in [0.717, 1.165) is 39.0 Å². The third-order valence-corrected chi connectivity index (χ3v) is 5.00. The van der Waals surface area contributed by atoms with E-state index < -0.39 is 0 Å². The van der Waals surface area contributed by atoms with Crippen LogP contribution in [-0.4, -0.2) is 65.3 Å². The predicted octanol–water partition coefficient (Wildman–Crippen LogP) is 1.77. The molecule has 20 heavy (non-hydrogen) atoms. The van der Waals surface area contributed by atoms with Crippen LogP contribution in [0.15, 0.2) is 5.38 Å². The second-order valence-corrected chi connectivity index (χ2v) is 6.65. The lowest BCUT2D eigenvalue weighted by molar-refractivity contribution is 0.0633. The van der Waals surface area contributed by atoms with Gasteiger partial charge in [0.15, 0.2) is 0 Å². The van der Waals surface area contributed by atoms with E-state index in [2.05, 4.69) is 34.0 Å². The molecule has 114 valence electrons. The first-order valence-electron chi connectivity index (χ1n) is 7.71. The quantitative estimate of drug-likeness (QED) is 0.833. The second-order valence-electron chi connectivity index (χ2n) is 5.58. The first kappa shape index (κ1) is 15.9. The van der Waals surface area contributed by atoms with Crippen LogP contribution in [0.2, 0.25) is 0 Å². The molecular weight excluding hydrogens is 270 g/mol. The number of aryl methyl sites for hydroxylation is 2. The second kappa shape index (κ2) is 8.08. The van der Waals surface area contributed by atoms with Crippen LogP contribution in [0.4, 0.5) is 0 Å². The van der Waals surface area contributed by atoms with Gasteiger partial charge in [0.2, 0.25) is 0 Å². The average Bonchev–Trinajstić information content (AvgIpc) is 2.87. The van der Waals surface area contributed by atoms with Gasteiger partial charge in [-0.3, -0.25) is 4.90 Å². The number of nitrogens with zero attached hydrogens (tertiary/aromatic N) is 3. The van der Waals surface area contributed by atoms with E-state index in [4.69, 9.17) is 0 Å². The van der Waals surface area contributed by atoms with E-state index in [1.807, 2.05) is 0 Å². The van der Waals surface area contributed by atoms with E-state index in [-0.39, 0.29) is 0 Å². The third kappa shape index (κ3) is 4.52. The summed E-state index contributed by atoms with van der Waals surface area (Å²) in [7, 11) is 0. The summed E-state index contributed by atoms with van der Waals surface area (Å²) >= 11 is 1.74. The zero-order chi connectivity index (χ0) is 14.4. The molecule has 1 atom stereocenters. The number of aliphatic hydroxyl groups is 1. The van der Waals surface area contributed by atoms with Gasteiger partial charge < -0.3 is 10.0 Å². The predicted molar refractivity (Wildman–Crippen MR) is 84.3 cm³/mol. The molecule has 2 heterocycles. The number of aromatic nitrogens is 1. The van der Waals surface area contributed by atoms with Crippen LogP contribution in [0, 0.1) is 6.92 Å². The smallest absolute Gasteiger partial charge is 0.0897 e.